The Kier molecular flexibility index (Phi) is 8.29. The van der Waals surface area contributed by atoms with Gasteiger partial charge in [-0.05, 0) is 110 Å². The van der Waals surface area contributed by atoms with E-state index in [1.54, 1.807) is 0 Å². The van der Waals surface area contributed by atoms with E-state index in [-0.39, 0.29) is 5.41 Å². The molecule has 0 unspecified atom stereocenters. The third-order valence-corrected chi connectivity index (χ3v) is 14.4. The predicted molar refractivity (Wildman–Crippen MR) is 269 cm³/mol. The third kappa shape index (κ3) is 5.41. The van der Waals surface area contributed by atoms with Gasteiger partial charge in [0.1, 0.15) is 11.2 Å². The van der Waals surface area contributed by atoms with Crippen molar-refractivity contribution >= 4 is 39.0 Å². The topological polar surface area (TPSA) is 16.4 Å². The van der Waals surface area contributed by atoms with Crippen molar-refractivity contribution in [3.63, 3.8) is 0 Å². The van der Waals surface area contributed by atoms with Gasteiger partial charge in [0.25, 0.3) is 0 Å². The number of rotatable bonds is 7. The van der Waals surface area contributed by atoms with Crippen molar-refractivity contribution in [2.45, 2.75) is 17.8 Å². The molecule has 2 nitrogen and oxygen atoms in total. The second-order valence-corrected chi connectivity index (χ2v) is 17.7. The van der Waals surface area contributed by atoms with E-state index < -0.39 is 5.41 Å². The molecule has 0 fully saturated rings. The molecular formula is C63H43NO. The van der Waals surface area contributed by atoms with Gasteiger partial charge in [0.05, 0.1) is 5.41 Å². The summed E-state index contributed by atoms with van der Waals surface area (Å²) in [4.78, 5) is 2.41. The molecule has 0 saturated heterocycles. The van der Waals surface area contributed by atoms with Crippen LogP contribution in [-0.4, -0.2) is 0 Å². The Bertz CT molecular complexity index is 3540. The van der Waals surface area contributed by atoms with Gasteiger partial charge in [0, 0.05) is 44.9 Å². The molecule has 0 amide bonds. The number of benzene rings is 10. The smallest absolute Gasteiger partial charge is 0.139 e. The molecule has 0 aliphatic heterocycles. The van der Waals surface area contributed by atoms with Crippen molar-refractivity contribution in [1.82, 2.24) is 0 Å². The summed E-state index contributed by atoms with van der Waals surface area (Å²) >= 11 is 0. The lowest BCUT2D eigenvalue weighted by molar-refractivity contribution is 0.638. The molecule has 0 N–H and O–H groups in total. The summed E-state index contributed by atoms with van der Waals surface area (Å²) in [5.41, 5.74) is 20.3. The second-order valence-electron chi connectivity index (χ2n) is 17.7. The first kappa shape index (κ1) is 37.4. The summed E-state index contributed by atoms with van der Waals surface area (Å²) in [7, 11) is 0. The van der Waals surface area contributed by atoms with Crippen LogP contribution in [-0.2, 0) is 10.8 Å². The monoisotopic (exact) mass is 829 g/mol. The maximum absolute atomic E-state index is 7.19. The van der Waals surface area contributed by atoms with Gasteiger partial charge >= 0.3 is 0 Å². The van der Waals surface area contributed by atoms with Gasteiger partial charge in [0.2, 0.25) is 0 Å². The van der Waals surface area contributed by atoms with E-state index in [0.717, 1.165) is 44.6 Å². The number of fused-ring (bicyclic) bond motifs is 9. The number of hydrogen-bond donors (Lipinski definition) is 0. The van der Waals surface area contributed by atoms with Gasteiger partial charge in [-0.2, -0.15) is 0 Å². The molecule has 11 aromatic rings. The fourth-order valence-corrected chi connectivity index (χ4v) is 11.5. The molecule has 65 heavy (non-hydrogen) atoms. The standard InChI is InChI=1S/C63H43NO/c1-62(55-31-14-11-27-49(55)50-28-12-15-32-56(50)62)58-34-18-30-54-53-38-36-48(41-60(53)65-61(54)58)64(46-26-17-21-43(39-46)42-19-5-2-6-20-42)47-35-37-52-51-29-13-16-33-57(51)63(59(52)40-47,44-22-7-3-8-23-44)45-24-9-4-10-25-45/h2-41H,1H3. The zero-order valence-corrected chi connectivity index (χ0v) is 35.9. The van der Waals surface area contributed by atoms with Crippen molar-refractivity contribution in [3.05, 3.63) is 282 Å². The molecule has 306 valence electrons. The van der Waals surface area contributed by atoms with Crippen LogP contribution in [0.3, 0.4) is 0 Å². The summed E-state index contributed by atoms with van der Waals surface area (Å²) in [6, 6.07) is 88.9. The Labute approximate surface area is 379 Å². The van der Waals surface area contributed by atoms with E-state index in [1.807, 2.05) is 0 Å². The maximum Gasteiger partial charge on any atom is 0.139 e. The van der Waals surface area contributed by atoms with E-state index in [1.165, 1.54) is 66.8 Å². The molecule has 0 atom stereocenters. The van der Waals surface area contributed by atoms with Crippen LogP contribution in [0.1, 0.15) is 45.9 Å². The lowest BCUT2D eigenvalue weighted by Crippen LogP contribution is -2.28. The van der Waals surface area contributed by atoms with Crippen molar-refractivity contribution in [3.8, 4) is 33.4 Å². The Hall–Kier alpha value is -8.20. The first-order chi connectivity index (χ1) is 32.1. The van der Waals surface area contributed by atoms with Crippen LogP contribution in [0.4, 0.5) is 17.1 Å². The lowest BCUT2D eigenvalue weighted by Gasteiger charge is -2.35. The van der Waals surface area contributed by atoms with Crippen LogP contribution in [0, 0.1) is 0 Å². The van der Waals surface area contributed by atoms with Crippen molar-refractivity contribution < 1.29 is 4.42 Å². The molecule has 0 radical (unpaired) electrons. The van der Waals surface area contributed by atoms with Crippen molar-refractivity contribution in [2.75, 3.05) is 4.90 Å². The molecular weight excluding hydrogens is 787 g/mol. The van der Waals surface area contributed by atoms with Crippen LogP contribution in [0.2, 0.25) is 0 Å². The Morgan fingerprint density at radius 2 is 0.831 bits per heavy atom. The molecule has 10 aromatic carbocycles. The summed E-state index contributed by atoms with van der Waals surface area (Å²) < 4.78 is 7.19. The van der Waals surface area contributed by atoms with Crippen molar-refractivity contribution in [2.24, 2.45) is 0 Å². The number of para-hydroxylation sites is 1. The van der Waals surface area contributed by atoms with Crippen LogP contribution in [0.5, 0.6) is 0 Å². The number of anilines is 3. The number of furan rings is 1. The molecule has 0 saturated carbocycles. The van der Waals surface area contributed by atoms with Gasteiger partial charge < -0.3 is 9.32 Å². The number of nitrogens with zero attached hydrogens (tertiary/aromatic N) is 1. The zero-order valence-electron chi connectivity index (χ0n) is 35.9. The Balaban J connectivity index is 1.04. The zero-order chi connectivity index (χ0) is 43.1. The quantitative estimate of drug-likeness (QED) is 0.159. The predicted octanol–water partition coefficient (Wildman–Crippen LogP) is 16.4. The third-order valence-electron chi connectivity index (χ3n) is 14.4. The van der Waals surface area contributed by atoms with E-state index in [4.69, 9.17) is 4.42 Å². The van der Waals surface area contributed by atoms with Gasteiger partial charge in [-0.25, -0.2) is 0 Å². The molecule has 2 aliphatic rings. The first-order valence-electron chi connectivity index (χ1n) is 22.6. The van der Waals surface area contributed by atoms with Crippen LogP contribution >= 0.6 is 0 Å². The average Bonchev–Trinajstić information content (AvgIpc) is 3.99. The fraction of sp³-hybridized carbons (Fsp3) is 0.0476. The minimum absolute atomic E-state index is 0.390. The van der Waals surface area contributed by atoms with E-state index in [0.29, 0.717) is 0 Å². The van der Waals surface area contributed by atoms with E-state index in [9.17, 15) is 0 Å². The van der Waals surface area contributed by atoms with Crippen LogP contribution < -0.4 is 4.90 Å². The molecule has 13 rings (SSSR count). The summed E-state index contributed by atoms with van der Waals surface area (Å²) in [5.74, 6) is 0. The largest absolute Gasteiger partial charge is 0.456 e. The second kappa shape index (κ2) is 14.4. The van der Waals surface area contributed by atoms with Gasteiger partial charge in [-0.1, -0.05) is 200 Å². The molecule has 2 heteroatoms. The van der Waals surface area contributed by atoms with Gasteiger partial charge in [0.15, 0.2) is 0 Å². The maximum atomic E-state index is 7.19. The molecule has 0 spiro atoms. The van der Waals surface area contributed by atoms with E-state index >= 15 is 0 Å². The fourth-order valence-electron chi connectivity index (χ4n) is 11.5. The molecule has 1 heterocycles. The normalized spacial score (nSPS) is 13.9. The molecule has 0 bridgehead atoms. The minimum atomic E-state index is -0.533. The Morgan fingerprint density at radius 1 is 0.338 bits per heavy atom. The highest BCUT2D eigenvalue weighted by atomic mass is 16.3. The highest BCUT2D eigenvalue weighted by Gasteiger charge is 2.46. The Morgan fingerprint density at radius 3 is 1.51 bits per heavy atom. The van der Waals surface area contributed by atoms with E-state index in [2.05, 4.69) is 254 Å². The van der Waals surface area contributed by atoms with Crippen LogP contribution in [0.25, 0.3) is 55.3 Å². The first-order valence-corrected chi connectivity index (χ1v) is 22.6. The minimum Gasteiger partial charge on any atom is -0.456 e. The molecule has 1 aromatic heterocycles. The lowest BCUT2D eigenvalue weighted by atomic mass is 9.67. The highest BCUT2D eigenvalue weighted by molar-refractivity contribution is 6.08. The summed E-state index contributed by atoms with van der Waals surface area (Å²) in [6.45, 7) is 2.36. The average molecular weight is 830 g/mol. The SMILES string of the molecule is CC1(c2cccc3c2oc2cc(N(c4cccc(-c5ccccc5)c4)c4ccc5c(c4)C(c4ccccc4)(c4ccccc4)c4ccccc4-5)ccc23)c2ccccc2-c2ccccc21. The summed E-state index contributed by atoms with van der Waals surface area (Å²) in [6.07, 6.45) is 0. The van der Waals surface area contributed by atoms with Crippen LogP contribution in [0.15, 0.2) is 247 Å². The number of hydrogen-bond acceptors (Lipinski definition) is 2. The van der Waals surface area contributed by atoms with Gasteiger partial charge in [-0.15, -0.1) is 0 Å². The van der Waals surface area contributed by atoms with Gasteiger partial charge in [-0.3, -0.25) is 0 Å². The van der Waals surface area contributed by atoms with Crippen molar-refractivity contribution in [1.29, 1.82) is 0 Å². The highest BCUT2D eigenvalue weighted by Crippen LogP contribution is 2.58. The summed E-state index contributed by atoms with van der Waals surface area (Å²) in [5, 5.41) is 2.22. The molecule has 2 aliphatic carbocycles.